The van der Waals surface area contributed by atoms with E-state index in [1.807, 2.05) is 71.4 Å². The molecule has 2 aromatic carbocycles. The van der Waals surface area contributed by atoms with Crippen molar-refractivity contribution in [3.05, 3.63) is 82.0 Å². The van der Waals surface area contributed by atoms with E-state index >= 15 is 0 Å². The first-order valence-electron chi connectivity index (χ1n) is 9.69. The highest BCUT2D eigenvalue weighted by Crippen LogP contribution is 2.30. The van der Waals surface area contributed by atoms with Crippen LogP contribution in [0.5, 0.6) is 0 Å². The van der Waals surface area contributed by atoms with Crippen LogP contribution in [0.1, 0.15) is 22.3 Å². The number of benzene rings is 2. The molecular weight excluding hydrogens is 428 g/mol. The van der Waals surface area contributed by atoms with Crippen molar-refractivity contribution in [2.75, 3.05) is 5.32 Å². The Kier molecular flexibility index (Phi) is 6.25. The second-order valence-electron chi connectivity index (χ2n) is 6.89. The molecule has 0 saturated carbocycles. The summed E-state index contributed by atoms with van der Waals surface area (Å²) in [5.74, 6) is -0.938. The van der Waals surface area contributed by atoms with Crippen LogP contribution in [0.4, 0.5) is 5.69 Å². The average molecular weight is 449 g/mol. The summed E-state index contributed by atoms with van der Waals surface area (Å²) in [6, 6.07) is 19.3. The molecule has 5 nitrogen and oxygen atoms in total. The van der Waals surface area contributed by atoms with E-state index in [2.05, 4.69) is 10.3 Å². The second kappa shape index (κ2) is 9.24. The molecule has 31 heavy (non-hydrogen) atoms. The van der Waals surface area contributed by atoms with Crippen molar-refractivity contribution in [2.45, 2.75) is 20.0 Å². The summed E-state index contributed by atoms with van der Waals surface area (Å²) < 4.78 is 5.45. The Hall–Kier alpha value is -3.29. The fourth-order valence-electron chi connectivity index (χ4n) is 3.06. The average Bonchev–Trinajstić information content (AvgIpc) is 3.44. The van der Waals surface area contributed by atoms with Crippen LogP contribution in [0, 0.1) is 6.92 Å². The zero-order valence-corrected chi connectivity index (χ0v) is 18.6. The quantitative estimate of drug-likeness (QED) is 0.366. The van der Waals surface area contributed by atoms with Crippen molar-refractivity contribution in [1.82, 2.24) is 4.98 Å². The van der Waals surface area contributed by atoms with Crippen molar-refractivity contribution in [1.29, 1.82) is 0 Å². The van der Waals surface area contributed by atoms with E-state index in [1.165, 1.54) is 11.3 Å². The SMILES string of the molecule is Cc1nc(-c2ccsc2)sc1C(=O)OC(C)C(=O)Nc1ccccc1-c1ccccc1. The minimum Gasteiger partial charge on any atom is -0.448 e. The van der Waals surface area contributed by atoms with Crippen LogP contribution in [0.25, 0.3) is 21.7 Å². The number of ether oxygens (including phenoxy) is 1. The molecule has 1 atom stereocenters. The van der Waals surface area contributed by atoms with Crippen molar-refractivity contribution in [3.63, 3.8) is 0 Å². The van der Waals surface area contributed by atoms with Gasteiger partial charge in [-0.3, -0.25) is 4.79 Å². The maximum absolute atomic E-state index is 12.7. The molecule has 2 aromatic heterocycles. The summed E-state index contributed by atoms with van der Waals surface area (Å²) in [7, 11) is 0. The maximum atomic E-state index is 12.7. The first kappa shape index (κ1) is 21.0. The molecule has 1 N–H and O–H groups in total. The number of hydrogen-bond acceptors (Lipinski definition) is 6. The van der Waals surface area contributed by atoms with Gasteiger partial charge in [-0.2, -0.15) is 11.3 Å². The number of hydrogen-bond donors (Lipinski definition) is 1. The van der Waals surface area contributed by atoms with E-state index in [1.54, 1.807) is 25.2 Å². The molecule has 0 aliphatic rings. The van der Waals surface area contributed by atoms with Crippen LogP contribution in [-0.4, -0.2) is 23.0 Å². The van der Waals surface area contributed by atoms with E-state index in [9.17, 15) is 9.59 Å². The number of esters is 1. The molecule has 1 unspecified atom stereocenters. The molecular formula is C24H20N2O3S2. The van der Waals surface area contributed by atoms with Gasteiger partial charge in [0.1, 0.15) is 9.88 Å². The molecule has 156 valence electrons. The molecule has 0 aliphatic carbocycles. The number of nitrogens with zero attached hydrogens (tertiary/aromatic N) is 1. The van der Waals surface area contributed by atoms with Crippen LogP contribution >= 0.6 is 22.7 Å². The molecule has 7 heteroatoms. The largest absolute Gasteiger partial charge is 0.448 e. The molecule has 1 amide bonds. The van der Waals surface area contributed by atoms with Crippen molar-refractivity contribution in [2.24, 2.45) is 0 Å². The summed E-state index contributed by atoms with van der Waals surface area (Å²) in [4.78, 5) is 30.3. The van der Waals surface area contributed by atoms with Gasteiger partial charge in [0.2, 0.25) is 0 Å². The maximum Gasteiger partial charge on any atom is 0.351 e. The summed E-state index contributed by atoms with van der Waals surface area (Å²) in [5.41, 5.74) is 4.12. The fourth-order valence-corrected chi connectivity index (χ4v) is 4.72. The van der Waals surface area contributed by atoms with Gasteiger partial charge in [-0.05, 0) is 36.9 Å². The molecule has 2 heterocycles. The summed E-state index contributed by atoms with van der Waals surface area (Å²) in [6.07, 6.45) is -0.956. The minimum absolute atomic E-state index is 0.392. The predicted octanol–water partition coefficient (Wildman–Crippen LogP) is 6.03. The topological polar surface area (TPSA) is 68.3 Å². The summed E-state index contributed by atoms with van der Waals surface area (Å²) >= 11 is 2.84. The number of nitrogens with one attached hydrogen (secondary N) is 1. The fraction of sp³-hybridized carbons (Fsp3) is 0.125. The lowest BCUT2D eigenvalue weighted by Crippen LogP contribution is -2.30. The number of aryl methyl sites for hydroxylation is 1. The summed E-state index contributed by atoms with van der Waals surface area (Å²) in [5, 5.41) is 7.59. The Bertz CT molecular complexity index is 1200. The Balaban J connectivity index is 1.46. The number of thiazole rings is 1. The Morgan fingerprint density at radius 2 is 1.74 bits per heavy atom. The highest BCUT2D eigenvalue weighted by molar-refractivity contribution is 7.17. The van der Waals surface area contributed by atoms with Crippen molar-refractivity contribution >= 4 is 40.2 Å². The van der Waals surface area contributed by atoms with Crippen molar-refractivity contribution in [3.8, 4) is 21.7 Å². The first-order chi connectivity index (χ1) is 15.0. The van der Waals surface area contributed by atoms with Gasteiger partial charge in [-0.15, -0.1) is 11.3 Å². The van der Waals surface area contributed by atoms with Crippen LogP contribution in [-0.2, 0) is 9.53 Å². The van der Waals surface area contributed by atoms with E-state index < -0.39 is 18.0 Å². The molecule has 4 aromatic rings. The molecule has 4 rings (SSSR count). The van der Waals surface area contributed by atoms with Gasteiger partial charge in [0.25, 0.3) is 5.91 Å². The zero-order valence-electron chi connectivity index (χ0n) is 17.0. The van der Waals surface area contributed by atoms with Crippen LogP contribution in [0.15, 0.2) is 71.4 Å². The lowest BCUT2D eigenvalue weighted by Gasteiger charge is -2.15. The third kappa shape index (κ3) is 4.73. The monoisotopic (exact) mass is 448 g/mol. The Morgan fingerprint density at radius 3 is 2.48 bits per heavy atom. The van der Waals surface area contributed by atoms with Gasteiger partial charge in [0.05, 0.1) is 5.69 Å². The standard InChI is InChI=1S/C24H20N2O3S2/c1-15-21(31-23(25-15)18-12-13-30-14-18)24(28)29-16(2)22(27)26-20-11-7-6-10-19(20)17-8-4-3-5-9-17/h3-14,16H,1-2H3,(H,26,27). The lowest BCUT2D eigenvalue weighted by atomic mass is 10.0. The number of aromatic nitrogens is 1. The number of rotatable bonds is 6. The van der Waals surface area contributed by atoms with Gasteiger partial charge in [-0.1, -0.05) is 48.5 Å². The van der Waals surface area contributed by atoms with E-state index in [0.717, 1.165) is 21.7 Å². The molecule has 0 bridgehead atoms. The molecule has 0 aliphatic heterocycles. The van der Waals surface area contributed by atoms with E-state index in [-0.39, 0.29) is 0 Å². The number of anilines is 1. The lowest BCUT2D eigenvalue weighted by molar-refractivity contribution is -0.123. The predicted molar refractivity (Wildman–Crippen MR) is 126 cm³/mol. The van der Waals surface area contributed by atoms with Gasteiger partial charge < -0.3 is 10.1 Å². The zero-order chi connectivity index (χ0) is 21.8. The number of para-hydroxylation sites is 1. The second-order valence-corrected chi connectivity index (χ2v) is 8.67. The van der Waals surface area contributed by atoms with Gasteiger partial charge in [0, 0.05) is 22.2 Å². The first-order valence-corrected chi connectivity index (χ1v) is 11.4. The number of carbonyl (C=O) groups excluding carboxylic acids is 2. The van der Waals surface area contributed by atoms with Crippen LogP contribution in [0.2, 0.25) is 0 Å². The smallest absolute Gasteiger partial charge is 0.351 e. The van der Waals surface area contributed by atoms with Gasteiger partial charge in [0.15, 0.2) is 6.10 Å². The number of thiophene rings is 1. The van der Waals surface area contributed by atoms with Crippen LogP contribution < -0.4 is 5.32 Å². The highest BCUT2D eigenvalue weighted by atomic mass is 32.1. The molecule has 0 fully saturated rings. The normalized spacial score (nSPS) is 11.7. The summed E-state index contributed by atoms with van der Waals surface area (Å²) in [6.45, 7) is 3.33. The molecule has 0 spiro atoms. The van der Waals surface area contributed by atoms with Gasteiger partial charge >= 0.3 is 5.97 Å². The van der Waals surface area contributed by atoms with Gasteiger partial charge in [-0.25, -0.2) is 9.78 Å². The third-order valence-electron chi connectivity index (χ3n) is 4.67. The highest BCUT2D eigenvalue weighted by Gasteiger charge is 2.24. The molecule has 0 saturated heterocycles. The van der Waals surface area contributed by atoms with E-state index in [0.29, 0.717) is 16.3 Å². The van der Waals surface area contributed by atoms with Crippen molar-refractivity contribution < 1.29 is 14.3 Å². The van der Waals surface area contributed by atoms with Crippen LogP contribution in [0.3, 0.4) is 0 Å². The van der Waals surface area contributed by atoms with E-state index in [4.69, 9.17) is 4.74 Å². The Labute approximate surface area is 188 Å². The number of carbonyl (C=O) groups is 2. The minimum atomic E-state index is -0.956. The Morgan fingerprint density at radius 1 is 1.00 bits per heavy atom. The molecule has 0 radical (unpaired) electrons. The number of amides is 1. The third-order valence-corrected chi connectivity index (χ3v) is 6.54.